The van der Waals surface area contributed by atoms with Gasteiger partial charge in [-0.05, 0) is 51.4 Å². The van der Waals surface area contributed by atoms with Crippen molar-refractivity contribution in [2.24, 2.45) is 0 Å². The largest absolute Gasteiger partial charge is 0.479 e. The third kappa shape index (κ3) is 41.9. The second-order valence-electron chi connectivity index (χ2n) is 21.7. The van der Waals surface area contributed by atoms with Crippen LogP contribution in [0.4, 0.5) is 0 Å². The number of carbonyl (C=O) groups excluding carboxylic acids is 3. The van der Waals surface area contributed by atoms with Gasteiger partial charge in [0, 0.05) is 19.3 Å². The molecule has 12 heteroatoms. The molecule has 75 heavy (non-hydrogen) atoms. The molecule has 3 N–H and O–H groups in total. The smallest absolute Gasteiger partial charge is 0.335 e. The molecule has 438 valence electrons. The molecule has 0 saturated carbocycles. The molecule has 1 aliphatic rings. The van der Waals surface area contributed by atoms with E-state index in [9.17, 15) is 34.5 Å². The lowest BCUT2D eigenvalue weighted by Crippen LogP contribution is -2.61. The molecule has 12 nitrogen and oxygen atoms in total. The molecule has 1 saturated heterocycles. The number of hydrogen-bond donors (Lipinski definition) is 3. The van der Waals surface area contributed by atoms with E-state index < -0.39 is 67.3 Å². The molecule has 1 rings (SSSR count). The van der Waals surface area contributed by atoms with Gasteiger partial charge in [0.2, 0.25) is 0 Å². The molecule has 6 atom stereocenters. The van der Waals surface area contributed by atoms with Crippen LogP contribution in [0.15, 0.2) is 24.3 Å². The lowest BCUT2D eigenvalue weighted by molar-refractivity contribution is -0.301. The zero-order valence-corrected chi connectivity index (χ0v) is 48.3. The van der Waals surface area contributed by atoms with Gasteiger partial charge >= 0.3 is 23.9 Å². The summed E-state index contributed by atoms with van der Waals surface area (Å²) in [5.74, 6) is -3.09. The van der Waals surface area contributed by atoms with E-state index in [-0.39, 0.29) is 25.9 Å². The maximum absolute atomic E-state index is 13.1. The monoisotopic (exact) mass is 1060 g/mol. The second kappa shape index (κ2) is 51.9. The predicted octanol–water partition coefficient (Wildman–Crippen LogP) is 16.2. The van der Waals surface area contributed by atoms with Gasteiger partial charge in [-0.2, -0.15) is 0 Å². The summed E-state index contributed by atoms with van der Waals surface area (Å²) >= 11 is 0. The first kappa shape index (κ1) is 70.2. The summed E-state index contributed by atoms with van der Waals surface area (Å²) < 4.78 is 28.5. The minimum Gasteiger partial charge on any atom is -0.479 e. The van der Waals surface area contributed by atoms with Crippen molar-refractivity contribution in [2.75, 3.05) is 13.2 Å². The van der Waals surface area contributed by atoms with E-state index in [2.05, 4.69) is 45.1 Å². The Labute approximate surface area is 458 Å². The number of aliphatic hydroxyl groups excluding tert-OH is 2. The van der Waals surface area contributed by atoms with E-state index in [0.717, 1.165) is 70.6 Å². The first-order chi connectivity index (χ1) is 36.6. The van der Waals surface area contributed by atoms with Gasteiger partial charge in [0.1, 0.15) is 18.8 Å². The summed E-state index contributed by atoms with van der Waals surface area (Å²) in [4.78, 5) is 51.2. The van der Waals surface area contributed by atoms with Gasteiger partial charge in [0.15, 0.2) is 24.6 Å². The Bertz CT molecular complexity index is 1400. The van der Waals surface area contributed by atoms with Crippen molar-refractivity contribution < 1.29 is 58.2 Å². The van der Waals surface area contributed by atoms with Gasteiger partial charge in [-0.1, -0.05) is 257 Å². The lowest BCUT2D eigenvalue weighted by atomic mass is 9.98. The Morgan fingerprint density at radius 3 is 1.23 bits per heavy atom. The number of hydrogen-bond acceptors (Lipinski definition) is 11. The van der Waals surface area contributed by atoms with Crippen LogP contribution in [0, 0.1) is 0 Å². The fourth-order valence-electron chi connectivity index (χ4n) is 9.69. The van der Waals surface area contributed by atoms with Gasteiger partial charge in [0.05, 0.1) is 6.61 Å². The summed E-state index contributed by atoms with van der Waals surface area (Å²) in [6.07, 6.45) is 47.1. The topological polar surface area (TPSA) is 175 Å². The number of aliphatic hydroxyl groups is 2. The van der Waals surface area contributed by atoms with Gasteiger partial charge in [-0.25, -0.2) is 4.79 Å². The van der Waals surface area contributed by atoms with Gasteiger partial charge in [0.25, 0.3) is 0 Å². The van der Waals surface area contributed by atoms with Crippen molar-refractivity contribution in [2.45, 2.75) is 340 Å². The summed E-state index contributed by atoms with van der Waals surface area (Å²) in [7, 11) is 0. The number of ether oxygens (including phenoxy) is 5. The number of carbonyl (C=O) groups is 4. The van der Waals surface area contributed by atoms with Crippen molar-refractivity contribution in [1.29, 1.82) is 0 Å². The van der Waals surface area contributed by atoms with Crippen LogP contribution in [0.2, 0.25) is 0 Å². The minimum atomic E-state index is -1.90. The predicted molar refractivity (Wildman–Crippen MR) is 303 cm³/mol. The standard InChI is InChI=1S/C63H114O12/c1-4-7-10-13-16-19-22-25-26-27-28-29-30-33-34-37-40-43-46-49-55(64)71-52-54(73-56(65)50-47-44-41-38-35-31-23-20-17-14-11-8-5-2)53-72-63-61(59(68)58(67)60(75-63)62(69)70)74-57(66)51-48-45-42-39-36-32-24-21-18-15-12-9-6-3/h16,19,25-26,54,58-61,63,67-68H,4-15,17-18,20-24,27-53H2,1-3H3,(H,69,70)/b19-16-,26-25-. The van der Waals surface area contributed by atoms with Crippen LogP contribution in [0.5, 0.6) is 0 Å². The maximum atomic E-state index is 13.1. The van der Waals surface area contributed by atoms with Crippen molar-refractivity contribution >= 4 is 23.9 Å². The molecule has 0 spiro atoms. The number of carboxylic acid groups (broad SMARTS) is 1. The summed E-state index contributed by atoms with van der Waals surface area (Å²) in [6.45, 7) is 6.00. The molecule has 0 aromatic rings. The summed E-state index contributed by atoms with van der Waals surface area (Å²) in [5, 5.41) is 31.5. The average Bonchev–Trinajstić information content (AvgIpc) is 3.39. The molecule has 1 fully saturated rings. The minimum absolute atomic E-state index is 0.0672. The molecule has 0 aliphatic carbocycles. The molecule has 1 aliphatic heterocycles. The Morgan fingerprint density at radius 2 is 0.800 bits per heavy atom. The fraction of sp³-hybridized carbons (Fsp3) is 0.873. The highest BCUT2D eigenvalue weighted by Gasteiger charge is 2.50. The fourth-order valence-corrected chi connectivity index (χ4v) is 9.69. The van der Waals surface area contributed by atoms with Crippen LogP contribution in [0.3, 0.4) is 0 Å². The molecule has 0 amide bonds. The first-order valence-corrected chi connectivity index (χ1v) is 31.3. The van der Waals surface area contributed by atoms with Crippen LogP contribution in [0.25, 0.3) is 0 Å². The highest BCUT2D eigenvalue weighted by Crippen LogP contribution is 2.27. The average molecular weight is 1060 g/mol. The van der Waals surface area contributed by atoms with E-state index in [0.29, 0.717) is 19.3 Å². The quantitative estimate of drug-likeness (QED) is 0.0228. The van der Waals surface area contributed by atoms with E-state index in [1.54, 1.807) is 0 Å². The molecule has 0 aromatic heterocycles. The molecule has 1 heterocycles. The Hall–Kier alpha value is -2.80. The van der Waals surface area contributed by atoms with Crippen molar-refractivity contribution in [3.63, 3.8) is 0 Å². The zero-order chi connectivity index (χ0) is 54.7. The van der Waals surface area contributed by atoms with Crippen molar-refractivity contribution in [3.8, 4) is 0 Å². The van der Waals surface area contributed by atoms with Crippen molar-refractivity contribution in [1.82, 2.24) is 0 Å². The molecular formula is C63H114O12. The van der Waals surface area contributed by atoms with Crippen LogP contribution in [0.1, 0.15) is 303 Å². The van der Waals surface area contributed by atoms with E-state index in [1.807, 2.05) is 0 Å². The second-order valence-corrected chi connectivity index (χ2v) is 21.7. The highest BCUT2D eigenvalue weighted by atomic mass is 16.7. The van der Waals surface area contributed by atoms with Crippen LogP contribution in [-0.4, -0.2) is 89.2 Å². The number of esters is 3. The maximum Gasteiger partial charge on any atom is 0.335 e. The molecule has 0 aromatic carbocycles. The zero-order valence-electron chi connectivity index (χ0n) is 48.3. The van der Waals surface area contributed by atoms with E-state index in [4.69, 9.17) is 23.7 Å². The molecular weight excluding hydrogens is 949 g/mol. The first-order valence-electron chi connectivity index (χ1n) is 31.3. The Balaban J connectivity index is 2.64. The third-order valence-electron chi connectivity index (χ3n) is 14.5. The number of carboxylic acids is 1. The van der Waals surface area contributed by atoms with Crippen LogP contribution >= 0.6 is 0 Å². The van der Waals surface area contributed by atoms with E-state index in [1.165, 1.54) is 173 Å². The van der Waals surface area contributed by atoms with Gasteiger partial charge in [-0.15, -0.1) is 0 Å². The molecule has 0 bridgehead atoms. The molecule has 0 radical (unpaired) electrons. The Morgan fingerprint density at radius 1 is 0.440 bits per heavy atom. The number of aliphatic carboxylic acids is 1. The highest BCUT2D eigenvalue weighted by molar-refractivity contribution is 5.74. The molecule has 6 unspecified atom stereocenters. The SMILES string of the molecule is CCCCC/C=C\C/C=C\CCCCCCCCCCCC(=O)OCC(COC1OC(C(=O)O)C(O)C(O)C1OC(=O)CCCCCCCCCCCCCCC)OC(=O)CCCCCCCCCCCCCCC. The number of allylic oxidation sites excluding steroid dienone is 4. The van der Waals surface area contributed by atoms with Gasteiger partial charge < -0.3 is 39.0 Å². The third-order valence-corrected chi connectivity index (χ3v) is 14.5. The summed E-state index contributed by atoms with van der Waals surface area (Å²) in [6, 6.07) is 0. The Kier molecular flexibility index (Phi) is 48.6. The van der Waals surface area contributed by atoms with Crippen LogP contribution in [-0.2, 0) is 42.9 Å². The number of unbranched alkanes of at least 4 members (excludes halogenated alkanes) is 36. The summed E-state index contributed by atoms with van der Waals surface area (Å²) in [5.41, 5.74) is 0. The number of rotatable bonds is 54. The van der Waals surface area contributed by atoms with Crippen molar-refractivity contribution in [3.05, 3.63) is 24.3 Å². The lowest BCUT2D eigenvalue weighted by Gasteiger charge is -2.40. The van der Waals surface area contributed by atoms with Crippen LogP contribution < -0.4 is 0 Å². The van der Waals surface area contributed by atoms with Gasteiger partial charge in [-0.3, -0.25) is 14.4 Å². The normalized spacial score (nSPS) is 18.2. The van der Waals surface area contributed by atoms with E-state index >= 15 is 0 Å².